The fourth-order valence-corrected chi connectivity index (χ4v) is 7.50. The number of methoxy groups -OCH3 is 1. The van der Waals surface area contributed by atoms with Gasteiger partial charge in [0, 0.05) is 23.9 Å². The van der Waals surface area contributed by atoms with E-state index in [2.05, 4.69) is 26.9 Å². The van der Waals surface area contributed by atoms with Gasteiger partial charge >= 0.3 is 6.09 Å². The minimum absolute atomic E-state index is 0.0396. The van der Waals surface area contributed by atoms with Gasteiger partial charge in [0.1, 0.15) is 29.0 Å². The highest BCUT2D eigenvalue weighted by atomic mass is 32.2. The van der Waals surface area contributed by atoms with Crippen LogP contribution in [0.2, 0.25) is 0 Å². The van der Waals surface area contributed by atoms with Crippen LogP contribution < -0.4 is 24.8 Å². The molecule has 1 aromatic carbocycles. The molecular formula is C36H49N5O8S. The van der Waals surface area contributed by atoms with Crippen molar-refractivity contribution in [3.8, 4) is 11.6 Å². The fourth-order valence-electron chi connectivity index (χ4n) is 6.14. The number of amides is 3. The maximum atomic E-state index is 14.1. The van der Waals surface area contributed by atoms with E-state index in [0.29, 0.717) is 31.0 Å². The van der Waals surface area contributed by atoms with Crippen LogP contribution in [0, 0.1) is 11.8 Å². The first-order chi connectivity index (χ1) is 23.6. The van der Waals surface area contributed by atoms with Crippen molar-refractivity contribution >= 4 is 38.7 Å². The van der Waals surface area contributed by atoms with Crippen LogP contribution in [0.15, 0.2) is 55.4 Å². The number of likely N-dealkylation sites (tertiary alicyclic amines) is 1. The van der Waals surface area contributed by atoms with Crippen molar-refractivity contribution in [3.63, 3.8) is 0 Å². The summed E-state index contributed by atoms with van der Waals surface area (Å²) in [5, 5.41) is 6.89. The maximum absolute atomic E-state index is 14.1. The molecule has 2 aromatic rings. The average molecular weight is 712 g/mol. The molecule has 0 bridgehead atoms. The first-order valence-corrected chi connectivity index (χ1v) is 18.7. The quantitative estimate of drug-likeness (QED) is 0.242. The van der Waals surface area contributed by atoms with Crippen LogP contribution >= 0.6 is 0 Å². The Kier molecular flexibility index (Phi) is 10.7. The van der Waals surface area contributed by atoms with Gasteiger partial charge in [-0.1, -0.05) is 26.3 Å². The summed E-state index contributed by atoms with van der Waals surface area (Å²) in [6, 6.07) is 6.23. The number of nitrogens with one attached hydrogen (secondary N) is 3. The number of hydrogen-bond acceptors (Lipinski definition) is 10. The second kappa shape index (κ2) is 14.5. The molecular weight excluding hydrogens is 662 g/mol. The number of ether oxygens (including phenoxy) is 3. The van der Waals surface area contributed by atoms with Crippen LogP contribution in [0.5, 0.6) is 11.6 Å². The molecule has 14 heteroatoms. The molecule has 3 amide bonds. The van der Waals surface area contributed by atoms with Crippen molar-refractivity contribution in [1.29, 1.82) is 0 Å². The summed E-state index contributed by atoms with van der Waals surface area (Å²) in [5.74, 6) is -0.510. The average Bonchev–Trinajstić information content (AvgIpc) is 3.98. The smallest absolute Gasteiger partial charge is 0.408 e. The highest BCUT2D eigenvalue weighted by Crippen LogP contribution is 2.45. The summed E-state index contributed by atoms with van der Waals surface area (Å²) < 4.78 is 44.8. The maximum Gasteiger partial charge on any atom is 0.408 e. The first-order valence-electron chi connectivity index (χ1n) is 17.1. The molecule has 3 unspecified atom stereocenters. The summed E-state index contributed by atoms with van der Waals surface area (Å²) in [6.07, 6.45) is 8.01. The van der Waals surface area contributed by atoms with E-state index in [1.807, 2.05) is 49.1 Å². The van der Waals surface area contributed by atoms with Gasteiger partial charge in [0.05, 0.1) is 24.9 Å². The van der Waals surface area contributed by atoms with Gasteiger partial charge in [0.15, 0.2) is 0 Å². The predicted molar refractivity (Wildman–Crippen MR) is 189 cm³/mol. The molecule has 3 fully saturated rings. The van der Waals surface area contributed by atoms with E-state index in [1.165, 1.54) is 0 Å². The second-order valence-corrected chi connectivity index (χ2v) is 16.4. The van der Waals surface area contributed by atoms with Gasteiger partial charge in [-0.15, -0.1) is 6.58 Å². The van der Waals surface area contributed by atoms with Crippen molar-refractivity contribution in [2.75, 3.05) is 13.7 Å². The zero-order valence-electron chi connectivity index (χ0n) is 29.6. The van der Waals surface area contributed by atoms with Crippen LogP contribution in [-0.4, -0.2) is 84.4 Å². The number of carbonyl (C=O) groups excluding carboxylic acids is 3. The standard InChI is InChI=1S/C36H49N5O8S/c1-8-22(3)29(38-34(44)49-35(4,5)6)15-17-41-21-26(48-32-28-13-10-25(47-7)18-23(28)14-16-37-32)19-30(41)31(42)39-36(20-24(36)9-2)33(43)40-50(45,46)27-11-12-27/h9-10,13-18,22,24,26-27,29-30H,2,8,11-12,19-21H2,1,3-7H3,(H,38,44)(H,39,42)(H,40,43)/b17-15+/t22-,24+,26?,29+,30?,36?/m0/s1. The predicted octanol–water partition coefficient (Wildman–Crippen LogP) is 4.19. The van der Waals surface area contributed by atoms with E-state index in [1.54, 1.807) is 46.4 Å². The van der Waals surface area contributed by atoms with Gasteiger partial charge in [-0.3, -0.25) is 14.3 Å². The van der Waals surface area contributed by atoms with Crippen LogP contribution in [0.3, 0.4) is 0 Å². The van der Waals surface area contributed by atoms with Crippen LogP contribution in [-0.2, 0) is 24.3 Å². The fraction of sp³-hybridized carbons (Fsp3) is 0.556. The summed E-state index contributed by atoms with van der Waals surface area (Å²) in [4.78, 5) is 46.5. The van der Waals surface area contributed by atoms with Crippen LogP contribution in [0.1, 0.15) is 66.7 Å². The molecule has 0 radical (unpaired) electrons. The van der Waals surface area contributed by atoms with Gasteiger partial charge in [0.25, 0.3) is 5.91 Å². The van der Waals surface area contributed by atoms with E-state index >= 15 is 0 Å². The molecule has 272 valence electrons. The molecule has 1 aromatic heterocycles. The molecule has 3 aliphatic rings. The summed E-state index contributed by atoms with van der Waals surface area (Å²) in [7, 11) is -2.23. The number of hydrogen-bond donors (Lipinski definition) is 3. The van der Waals surface area contributed by atoms with Gasteiger partial charge in [-0.05, 0) is 87.9 Å². The zero-order chi connectivity index (χ0) is 36.4. The van der Waals surface area contributed by atoms with Gasteiger partial charge in [-0.25, -0.2) is 18.2 Å². The van der Waals surface area contributed by atoms with Gasteiger partial charge in [-0.2, -0.15) is 0 Å². The molecule has 0 spiro atoms. The molecule has 50 heavy (non-hydrogen) atoms. The summed E-state index contributed by atoms with van der Waals surface area (Å²) >= 11 is 0. The minimum Gasteiger partial charge on any atom is -0.497 e. The Balaban J connectivity index is 1.40. The molecule has 2 saturated carbocycles. The third-order valence-corrected chi connectivity index (χ3v) is 11.3. The molecule has 13 nitrogen and oxygen atoms in total. The monoisotopic (exact) mass is 711 g/mol. The Morgan fingerprint density at radius 1 is 1.20 bits per heavy atom. The van der Waals surface area contributed by atoms with Crippen molar-refractivity contribution in [1.82, 2.24) is 25.2 Å². The largest absolute Gasteiger partial charge is 0.497 e. The van der Waals surface area contributed by atoms with E-state index in [9.17, 15) is 22.8 Å². The van der Waals surface area contributed by atoms with E-state index in [0.717, 1.165) is 17.2 Å². The highest BCUT2D eigenvalue weighted by Gasteiger charge is 2.61. The minimum atomic E-state index is -3.83. The van der Waals surface area contributed by atoms with Crippen molar-refractivity contribution in [3.05, 3.63) is 55.4 Å². The molecule has 2 aliphatic carbocycles. The lowest BCUT2D eigenvalue weighted by molar-refractivity contribution is -0.131. The number of benzene rings is 1. The normalized spacial score (nSPS) is 24.7. The molecule has 3 N–H and O–H groups in total. The van der Waals surface area contributed by atoms with Gasteiger partial charge in [0.2, 0.25) is 21.8 Å². The number of sulfonamides is 1. The summed E-state index contributed by atoms with van der Waals surface area (Å²) in [6.45, 7) is 13.5. The Labute approximate surface area is 294 Å². The Hall–Kier alpha value is -4.33. The summed E-state index contributed by atoms with van der Waals surface area (Å²) in [5.41, 5.74) is -2.10. The molecule has 5 rings (SSSR count). The number of alkyl carbamates (subject to hydrolysis) is 1. The number of aromatic nitrogens is 1. The lowest BCUT2D eigenvalue weighted by Crippen LogP contribution is -2.55. The topological polar surface area (TPSA) is 165 Å². The van der Waals surface area contributed by atoms with Crippen LogP contribution in [0.4, 0.5) is 4.79 Å². The van der Waals surface area contributed by atoms with Crippen molar-refractivity contribution < 1.29 is 37.0 Å². The Bertz CT molecular complexity index is 1750. The lowest BCUT2D eigenvalue weighted by Gasteiger charge is -2.27. The number of nitrogens with zero attached hydrogens (tertiary/aromatic N) is 2. The lowest BCUT2D eigenvalue weighted by atomic mass is 9.99. The zero-order valence-corrected chi connectivity index (χ0v) is 30.4. The SMILES string of the molecule is C=C[C@@H]1CC1(NC(=O)C1CC(Oc2nccc3cc(OC)ccc23)CN1/C=C/[C@@H](NC(=O)OC(C)(C)C)[C@@H](C)CC)C(=O)NS(=O)(=O)C1CC1. The highest BCUT2D eigenvalue weighted by molar-refractivity contribution is 7.91. The molecule has 6 atom stereocenters. The number of carbonyl (C=O) groups is 3. The van der Waals surface area contributed by atoms with Gasteiger partial charge < -0.3 is 29.7 Å². The number of pyridine rings is 1. The third-order valence-electron chi connectivity index (χ3n) is 9.49. The number of fused-ring (bicyclic) bond motifs is 1. The van der Waals surface area contributed by atoms with Crippen molar-refractivity contribution in [2.45, 2.75) is 101 Å². The molecule has 2 heterocycles. The first kappa shape index (κ1) is 36.9. The van der Waals surface area contributed by atoms with Crippen LogP contribution in [0.25, 0.3) is 10.8 Å². The Morgan fingerprint density at radius 2 is 1.94 bits per heavy atom. The van der Waals surface area contributed by atoms with Crippen molar-refractivity contribution in [2.24, 2.45) is 11.8 Å². The molecule has 1 aliphatic heterocycles. The third kappa shape index (κ3) is 8.51. The number of rotatable bonds is 14. The molecule has 1 saturated heterocycles. The van der Waals surface area contributed by atoms with E-state index in [-0.39, 0.29) is 18.8 Å². The second-order valence-electron chi connectivity index (χ2n) is 14.5. The Morgan fingerprint density at radius 3 is 2.56 bits per heavy atom. The van der Waals surface area contributed by atoms with E-state index in [4.69, 9.17) is 14.2 Å². The van der Waals surface area contributed by atoms with E-state index < -0.39 is 68.4 Å².